The molecule has 0 fully saturated rings. The highest BCUT2D eigenvalue weighted by molar-refractivity contribution is 7.99. The van der Waals surface area contributed by atoms with E-state index in [4.69, 9.17) is 5.26 Å². The van der Waals surface area contributed by atoms with E-state index >= 15 is 0 Å². The summed E-state index contributed by atoms with van der Waals surface area (Å²) in [7, 11) is 0. The number of nitrogens with zero attached hydrogens (tertiary/aromatic N) is 6. The molecule has 2 aromatic rings. The van der Waals surface area contributed by atoms with E-state index < -0.39 is 0 Å². The third-order valence-electron chi connectivity index (χ3n) is 3.95. The van der Waals surface area contributed by atoms with Gasteiger partial charge in [0, 0.05) is 12.2 Å². The largest absolute Gasteiger partial charge is 0.311 e. The summed E-state index contributed by atoms with van der Waals surface area (Å²) in [6.45, 7) is 10.4. The molecule has 0 atom stereocenters. The van der Waals surface area contributed by atoms with Gasteiger partial charge < -0.3 is 4.90 Å². The number of benzene rings is 1. The number of carbonyl (C=O) groups is 1. The molecule has 0 N–H and O–H groups in total. The molecule has 7 nitrogen and oxygen atoms in total. The zero-order chi connectivity index (χ0) is 19.3. The number of nitriles is 1. The molecule has 0 saturated heterocycles. The predicted octanol–water partition coefficient (Wildman–Crippen LogP) is 3.08. The third-order valence-corrected chi connectivity index (χ3v) is 4.86. The first kappa shape index (κ1) is 19.9. The van der Waals surface area contributed by atoms with Crippen LogP contribution in [-0.4, -0.2) is 38.4 Å². The fraction of sp³-hybridized carbons (Fsp3) is 0.500. The number of amides is 1. The lowest BCUT2D eigenvalue weighted by molar-refractivity contribution is -0.116. The number of aryl methyl sites for hydroxylation is 2. The predicted molar refractivity (Wildman–Crippen MR) is 102 cm³/mol. The molecule has 1 amide bonds. The minimum Gasteiger partial charge on any atom is -0.311 e. The molecule has 0 aliphatic heterocycles. The molecule has 1 heterocycles. The summed E-state index contributed by atoms with van der Waals surface area (Å²) in [5.74, 6) is 0.131. The quantitative estimate of drug-likeness (QED) is 0.724. The fourth-order valence-corrected chi connectivity index (χ4v) is 3.28. The van der Waals surface area contributed by atoms with E-state index in [0.29, 0.717) is 11.7 Å². The molecule has 0 aliphatic rings. The van der Waals surface area contributed by atoms with Crippen LogP contribution in [0.1, 0.15) is 38.3 Å². The maximum Gasteiger partial charge on any atom is 0.237 e. The standard InChI is InChI=1S/C18H24N6OS/c1-13-7-8-15(11-14(13)2)23(10-6-9-19)16(25)12-26-17-20-21-22-24(17)18(3,4)5/h7-8,11H,6,10,12H2,1-5H3. The first-order valence-electron chi connectivity index (χ1n) is 8.40. The summed E-state index contributed by atoms with van der Waals surface area (Å²) in [4.78, 5) is 14.5. The van der Waals surface area contributed by atoms with Crippen molar-refractivity contribution in [3.05, 3.63) is 29.3 Å². The van der Waals surface area contributed by atoms with Crippen molar-refractivity contribution in [3.63, 3.8) is 0 Å². The molecule has 0 bridgehead atoms. The highest BCUT2D eigenvalue weighted by Crippen LogP contribution is 2.24. The van der Waals surface area contributed by atoms with E-state index in [2.05, 4.69) is 21.6 Å². The molecule has 8 heteroatoms. The van der Waals surface area contributed by atoms with Crippen molar-refractivity contribution in [3.8, 4) is 6.07 Å². The van der Waals surface area contributed by atoms with Crippen LogP contribution in [0.2, 0.25) is 0 Å². The van der Waals surface area contributed by atoms with Gasteiger partial charge in [-0.3, -0.25) is 4.79 Å². The Morgan fingerprint density at radius 2 is 2.04 bits per heavy atom. The molecule has 138 valence electrons. The third kappa shape index (κ3) is 4.82. The second kappa shape index (κ2) is 8.32. The summed E-state index contributed by atoms with van der Waals surface area (Å²) in [5, 5.41) is 21.3. The lowest BCUT2D eigenvalue weighted by Crippen LogP contribution is -2.33. The molecule has 0 aliphatic carbocycles. The van der Waals surface area contributed by atoms with Crippen molar-refractivity contribution < 1.29 is 4.79 Å². The Kier molecular flexibility index (Phi) is 6.37. The number of tetrazole rings is 1. The maximum absolute atomic E-state index is 12.8. The highest BCUT2D eigenvalue weighted by atomic mass is 32.2. The monoisotopic (exact) mass is 372 g/mol. The van der Waals surface area contributed by atoms with E-state index in [-0.39, 0.29) is 23.6 Å². The first-order valence-corrected chi connectivity index (χ1v) is 9.39. The van der Waals surface area contributed by atoms with E-state index in [0.717, 1.165) is 11.3 Å². The van der Waals surface area contributed by atoms with Crippen LogP contribution in [0.5, 0.6) is 0 Å². The number of hydrogen-bond donors (Lipinski definition) is 0. The number of thioether (sulfide) groups is 1. The Hall–Kier alpha value is -2.40. The molecule has 0 radical (unpaired) electrons. The molecular formula is C18H24N6OS. The van der Waals surface area contributed by atoms with Gasteiger partial charge in [-0.05, 0) is 68.3 Å². The Labute approximate surface area is 158 Å². The van der Waals surface area contributed by atoms with Crippen LogP contribution in [0.4, 0.5) is 5.69 Å². The Balaban J connectivity index is 2.16. The number of hydrogen-bond acceptors (Lipinski definition) is 6. The normalized spacial score (nSPS) is 11.2. The molecule has 0 saturated carbocycles. The minimum absolute atomic E-state index is 0.0723. The van der Waals surface area contributed by atoms with Crippen LogP contribution >= 0.6 is 11.8 Å². The molecule has 1 aromatic heterocycles. The molecular weight excluding hydrogens is 348 g/mol. The van der Waals surface area contributed by atoms with Gasteiger partial charge >= 0.3 is 0 Å². The van der Waals surface area contributed by atoms with E-state index in [1.165, 1.54) is 17.3 Å². The number of carbonyl (C=O) groups excluding carboxylic acids is 1. The van der Waals surface area contributed by atoms with Gasteiger partial charge in [0.25, 0.3) is 0 Å². The second-order valence-corrected chi connectivity index (χ2v) is 8.00. The van der Waals surface area contributed by atoms with Crippen LogP contribution in [-0.2, 0) is 10.3 Å². The van der Waals surface area contributed by atoms with Crippen molar-refractivity contribution in [2.75, 3.05) is 17.2 Å². The Bertz CT molecular complexity index is 818. The lowest BCUT2D eigenvalue weighted by atomic mass is 10.1. The van der Waals surface area contributed by atoms with Crippen LogP contribution in [0.15, 0.2) is 23.4 Å². The van der Waals surface area contributed by atoms with Crippen molar-refractivity contribution in [1.29, 1.82) is 5.26 Å². The average molecular weight is 372 g/mol. The van der Waals surface area contributed by atoms with Crippen LogP contribution in [0.25, 0.3) is 0 Å². The summed E-state index contributed by atoms with van der Waals surface area (Å²) in [5.41, 5.74) is 2.83. The van der Waals surface area contributed by atoms with Gasteiger partial charge in [0.2, 0.25) is 11.1 Å². The molecule has 0 unspecified atom stereocenters. The van der Waals surface area contributed by atoms with Crippen molar-refractivity contribution in [2.45, 2.75) is 51.7 Å². The summed E-state index contributed by atoms with van der Waals surface area (Å²) in [6, 6.07) is 8.00. The van der Waals surface area contributed by atoms with Crippen LogP contribution < -0.4 is 4.90 Å². The van der Waals surface area contributed by atoms with E-state index in [1.54, 1.807) is 9.58 Å². The van der Waals surface area contributed by atoms with Gasteiger partial charge in [0.15, 0.2) is 0 Å². The van der Waals surface area contributed by atoms with Gasteiger partial charge in [0.1, 0.15) is 0 Å². The molecule has 26 heavy (non-hydrogen) atoms. The zero-order valence-electron chi connectivity index (χ0n) is 15.9. The Morgan fingerprint density at radius 1 is 1.31 bits per heavy atom. The van der Waals surface area contributed by atoms with E-state index in [1.807, 2.05) is 52.8 Å². The summed E-state index contributed by atoms with van der Waals surface area (Å²) in [6.07, 6.45) is 0.281. The highest BCUT2D eigenvalue weighted by Gasteiger charge is 2.22. The number of anilines is 1. The second-order valence-electron chi connectivity index (χ2n) is 7.05. The van der Waals surface area contributed by atoms with Crippen molar-refractivity contribution in [1.82, 2.24) is 20.2 Å². The van der Waals surface area contributed by atoms with Crippen LogP contribution in [0.3, 0.4) is 0 Å². The first-order chi connectivity index (χ1) is 12.2. The van der Waals surface area contributed by atoms with Gasteiger partial charge in [-0.1, -0.05) is 17.8 Å². The molecule has 1 aromatic carbocycles. The summed E-state index contributed by atoms with van der Waals surface area (Å²) < 4.78 is 1.71. The average Bonchev–Trinajstić information content (AvgIpc) is 3.05. The SMILES string of the molecule is Cc1ccc(N(CCC#N)C(=O)CSc2nnnn2C(C)(C)C)cc1C. The minimum atomic E-state index is -0.260. The summed E-state index contributed by atoms with van der Waals surface area (Å²) >= 11 is 1.31. The number of aromatic nitrogens is 4. The van der Waals surface area contributed by atoms with Crippen molar-refractivity contribution >= 4 is 23.4 Å². The van der Waals surface area contributed by atoms with Gasteiger partial charge in [0.05, 0.1) is 23.8 Å². The smallest absolute Gasteiger partial charge is 0.237 e. The van der Waals surface area contributed by atoms with Gasteiger partial charge in [-0.15, -0.1) is 5.10 Å². The van der Waals surface area contributed by atoms with Gasteiger partial charge in [-0.25, -0.2) is 4.68 Å². The number of rotatable bonds is 6. The molecule has 0 spiro atoms. The van der Waals surface area contributed by atoms with Crippen molar-refractivity contribution in [2.24, 2.45) is 0 Å². The van der Waals surface area contributed by atoms with Gasteiger partial charge in [-0.2, -0.15) is 5.26 Å². The van der Waals surface area contributed by atoms with Crippen LogP contribution in [0, 0.1) is 25.2 Å². The fourth-order valence-electron chi connectivity index (χ4n) is 2.35. The lowest BCUT2D eigenvalue weighted by Gasteiger charge is -2.23. The van der Waals surface area contributed by atoms with E-state index in [9.17, 15) is 4.79 Å². The maximum atomic E-state index is 12.8. The molecule has 2 rings (SSSR count). The Morgan fingerprint density at radius 3 is 2.65 bits per heavy atom. The topological polar surface area (TPSA) is 87.7 Å². The zero-order valence-corrected chi connectivity index (χ0v) is 16.7.